The molecule has 0 fully saturated rings. The van der Waals surface area contributed by atoms with Gasteiger partial charge in [0.25, 0.3) is 0 Å². The molecular formula is C53H34N2S2. The highest BCUT2D eigenvalue weighted by Crippen LogP contribution is 2.57. The summed E-state index contributed by atoms with van der Waals surface area (Å²) >= 11 is 3.80. The van der Waals surface area contributed by atoms with Gasteiger partial charge in [0.05, 0.1) is 11.4 Å². The Bertz CT molecular complexity index is 3190. The monoisotopic (exact) mass is 762 g/mol. The van der Waals surface area contributed by atoms with Gasteiger partial charge in [-0.1, -0.05) is 127 Å². The largest absolute Gasteiger partial charge is 0.310 e. The van der Waals surface area contributed by atoms with E-state index in [1.807, 2.05) is 23.1 Å². The molecule has 10 aromatic rings. The summed E-state index contributed by atoms with van der Waals surface area (Å²) < 4.78 is 2.66. The molecule has 2 aliphatic heterocycles. The smallest absolute Gasteiger partial charge is 0.0608 e. The summed E-state index contributed by atoms with van der Waals surface area (Å²) in [5, 5.41) is 5.22. The maximum atomic E-state index is 2.46. The van der Waals surface area contributed by atoms with Crippen LogP contribution in [0.25, 0.3) is 53.2 Å². The first-order valence-electron chi connectivity index (χ1n) is 19.5. The van der Waals surface area contributed by atoms with Crippen LogP contribution in [0.15, 0.2) is 204 Å². The lowest BCUT2D eigenvalue weighted by atomic mass is 9.91. The molecule has 0 spiro atoms. The molecule has 9 aromatic carbocycles. The Balaban J connectivity index is 1.02. The van der Waals surface area contributed by atoms with Crippen molar-refractivity contribution in [3.05, 3.63) is 205 Å². The molecular weight excluding hydrogens is 729 g/mol. The van der Waals surface area contributed by atoms with Gasteiger partial charge in [-0.05, 0) is 124 Å². The van der Waals surface area contributed by atoms with E-state index in [0.717, 1.165) is 23.5 Å². The third-order valence-corrected chi connectivity index (χ3v) is 14.1. The number of para-hydroxylation sites is 2. The molecule has 12 rings (SSSR count). The van der Waals surface area contributed by atoms with E-state index < -0.39 is 0 Å². The standard InChI is InChI=1S/C53H34N2S2/c1-3-13-39(14-4-1)54(41-26-21-34(22-27-41)36-25-30-50-46(32-36)43-17-7-8-20-49(43)56-50)42-28-23-37-31-38-12-10-19-47-52(38)57-53-48(55(47)40-15-5-2-6-16-40)29-24-35-11-9-18-44(51(35)53)45(37)33-42/h1-30,32-33H,31H2. The molecule has 0 saturated heterocycles. The number of hydrogen-bond acceptors (Lipinski definition) is 4. The summed E-state index contributed by atoms with van der Waals surface area (Å²) in [6, 6.07) is 71.7. The molecule has 2 aliphatic rings. The zero-order chi connectivity index (χ0) is 37.5. The summed E-state index contributed by atoms with van der Waals surface area (Å²) in [6.45, 7) is 0. The first-order valence-corrected chi connectivity index (χ1v) is 21.1. The van der Waals surface area contributed by atoms with Crippen molar-refractivity contribution in [1.82, 2.24) is 0 Å². The normalized spacial score (nSPS) is 12.7. The molecule has 3 heterocycles. The van der Waals surface area contributed by atoms with Crippen LogP contribution < -0.4 is 9.80 Å². The Labute approximate surface area is 339 Å². The maximum Gasteiger partial charge on any atom is 0.0608 e. The Morgan fingerprint density at radius 2 is 1.16 bits per heavy atom. The summed E-state index contributed by atoms with van der Waals surface area (Å²) in [7, 11) is 0. The molecule has 0 saturated carbocycles. The van der Waals surface area contributed by atoms with Gasteiger partial charge in [0.15, 0.2) is 0 Å². The number of fused-ring (bicyclic) bond motifs is 5. The lowest BCUT2D eigenvalue weighted by molar-refractivity contribution is 1.09. The predicted octanol–water partition coefficient (Wildman–Crippen LogP) is 15.9. The molecule has 0 N–H and O–H groups in total. The van der Waals surface area contributed by atoms with Crippen LogP contribution in [-0.2, 0) is 6.42 Å². The molecule has 1 aromatic heterocycles. The minimum absolute atomic E-state index is 0.845. The maximum absolute atomic E-state index is 2.46. The number of anilines is 6. The van der Waals surface area contributed by atoms with Crippen LogP contribution in [-0.4, -0.2) is 0 Å². The average Bonchev–Trinajstić information content (AvgIpc) is 3.67. The average molecular weight is 763 g/mol. The molecule has 2 nitrogen and oxygen atoms in total. The molecule has 0 aliphatic carbocycles. The number of rotatable bonds is 5. The minimum atomic E-state index is 0.845. The second-order valence-electron chi connectivity index (χ2n) is 14.9. The van der Waals surface area contributed by atoms with Crippen LogP contribution in [0.1, 0.15) is 11.1 Å². The van der Waals surface area contributed by atoms with Crippen LogP contribution in [0.3, 0.4) is 0 Å². The molecule has 268 valence electrons. The van der Waals surface area contributed by atoms with Gasteiger partial charge in [-0.15, -0.1) is 11.3 Å². The van der Waals surface area contributed by atoms with E-state index in [4.69, 9.17) is 0 Å². The predicted molar refractivity (Wildman–Crippen MR) is 244 cm³/mol. The van der Waals surface area contributed by atoms with E-state index in [2.05, 4.69) is 204 Å². The summed E-state index contributed by atoms with van der Waals surface area (Å²) in [5.74, 6) is 0. The summed E-state index contributed by atoms with van der Waals surface area (Å²) in [5.41, 5.74) is 14.7. The Morgan fingerprint density at radius 3 is 2.04 bits per heavy atom. The van der Waals surface area contributed by atoms with Crippen molar-refractivity contribution in [3.63, 3.8) is 0 Å². The van der Waals surface area contributed by atoms with Gasteiger partial charge in [-0.25, -0.2) is 0 Å². The van der Waals surface area contributed by atoms with Crippen LogP contribution >= 0.6 is 23.1 Å². The van der Waals surface area contributed by atoms with Gasteiger partial charge in [0.1, 0.15) is 0 Å². The Hall–Kier alpha value is -6.59. The zero-order valence-electron chi connectivity index (χ0n) is 30.9. The van der Waals surface area contributed by atoms with Gasteiger partial charge >= 0.3 is 0 Å². The summed E-state index contributed by atoms with van der Waals surface area (Å²) in [6.07, 6.45) is 0.845. The van der Waals surface area contributed by atoms with Gasteiger partial charge in [-0.3, -0.25) is 0 Å². The molecule has 0 radical (unpaired) electrons. The number of hydrogen-bond donors (Lipinski definition) is 0. The quantitative estimate of drug-likeness (QED) is 0.172. The van der Waals surface area contributed by atoms with Crippen molar-refractivity contribution in [2.75, 3.05) is 9.80 Å². The van der Waals surface area contributed by atoms with Crippen LogP contribution in [0.5, 0.6) is 0 Å². The number of thiophene rings is 1. The lowest BCUT2D eigenvalue weighted by Gasteiger charge is -2.34. The molecule has 2 bridgehead atoms. The fourth-order valence-electron chi connectivity index (χ4n) is 8.98. The van der Waals surface area contributed by atoms with Crippen LogP contribution in [0, 0.1) is 0 Å². The molecule has 0 atom stereocenters. The minimum Gasteiger partial charge on any atom is -0.310 e. The highest BCUT2D eigenvalue weighted by molar-refractivity contribution is 8.00. The van der Waals surface area contributed by atoms with E-state index in [9.17, 15) is 0 Å². The van der Waals surface area contributed by atoms with E-state index in [0.29, 0.717) is 0 Å². The molecule has 0 amide bonds. The van der Waals surface area contributed by atoms with Crippen molar-refractivity contribution in [1.29, 1.82) is 0 Å². The van der Waals surface area contributed by atoms with Gasteiger partial charge in [0, 0.05) is 58.1 Å². The van der Waals surface area contributed by atoms with Gasteiger partial charge < -0.3 is 9.80 Å². The van der Waals surface area contributed by atoms with E-state index in [-0.39, 0.29) is 0 Å². The third kappa shape index (κ3) is 5.25. The summed E-state index contributed by atoms with van der Waals surface area (Å²) in [4.78, 5) is 7.52. The van der Waals surface area contributed by atoms with Crippen molar-refractivity contribution in [2.24, 2.45) is 0 Å². The van der Waals surface area contributed by atoms with Crippen molar-refractivity contribution in [2.45, 2.75) is 16.2 Å². The fourth-order valence-corrected chi connectivity index (χ4v) is 11.4. The highest BCUT2D eigenvalue weighted by Gasteiger charge is 2.31. The van der Waals surface area contributed by atoms with E-state index in [1.165, 1.54) is 91.2 Å². The number of benzene rings is 9. The van der Waals surface area contributed by atoms with Gasteiger partial charge in [0.2, 0.25) is 0 Å². The first kappa shape index (κ1) is 32.6. The van der Waals surface area contributed by atoms with E-state index in [1.54, 1.807) is 0 Å². The second-order valence-corrected chi connectivity index (χ2v) is 17.0. The molecule has 57 heavy (non-hydrogen) atoms. The van der Waals surface area contributed by atoms with E-state index >= 15 is 0 Å². The third-order valence-electron chi connectivity index (χ3n) is 11.6. The SMILES string of the molecule is c1ccc(N(c2ccc(-c3ccc4sc5ccccc5c4c3)cc2)c2ccc3c(c2)-c2cccc4ccc5c(c24)Sc2c(cccc2N5c2ccccc2)C3)cc1. The molecule has 4 heteroatoms. The second kappa shape index (κ2) is 13.0. The molecule has 0 unspecified atom stereocenters. The topological polar surface area (TPSA) is 6.48 Å². The Kier molecular flexibility index (Phi) is 7.44. The first-order chi connectivity index (χ1) is 28.2. The fraction of sp³-hybridized carbons (Fsp3) is 0.0189. The lowest BCUT2D eigenvalue weighted by Crippen LogP contribution is -2.15. The number of nitrogens with zero attached hydrogens (tertiary/aromatic N) is 2. The highest BCUT2D eigenvalue weighted by atomic mass is 32.2. The van der Waals surface area contributed by atoms with Crippen molar-refractivity contribution < 1.29 is 0 Å². The van der Waals surface area contributed by atoms with Crippen molar-refractivity contribution in [3.8, 4) is 22.3 Å². The Morgan fingerprint density at radius 1 is 0.439 bits per heavy atom. The van der Waals surface area contributed by atoms with Gasteiger partial charge in [-0.2, -0.15) is 0 Å². The van der Waals surface area contributed by atoms with Crippen LogP contribution in [0.2, 0.25) is 0 Å². The van der Waals surface area contributed by atoms with Crippen LogP contribution in [0.4, 0.5) is 34.1 Å². The zero-order valence-corrected chi connectivity index (χ0v) is 32.5. The van der Waals surface area contributed by atoms with Crippen molar-refractivity contribution >= 4 is 88.2 Å².